The van der Waals surface area contributed by atoms with Crippen LogP contribution in [0.1, 0.15) is 232 Å². The van der Waals surface area contributed by atoms with Crippen LogP contribution in [-0.4, -0.2) is 54.3 Å². The van der Waals surface area contributed by atoms with E-state index in [0.29, 0.717) is 6.42 Å². The van der Waals surface area contributed by atoms with Gasteiger partial charge < -0.3 is 20.1 Å². The third kappa shape index (κ3) is 47.1. The second-order valence-electron chi connectivity index (χ2n) is 16.4. The van der Waals surface area contributed by atoms with Crippen LogP contribution < -0.4 is 5.32 Å². The van der Waals surface area contributed by atoms with Gasteiger partial charge in [-0.05, 0) is 70.6 Å². The van der Waals surface area contributed by atoms with Gasteiger partial charge in [0.05, 0.1) is 13.2 Å². The van der Waals surface area contributed by atoms with Gasteiger partial charge in [0.2, 0.25) is 5.91 Å². The zero-order chi connectivity index (χ0) is 43.2. The second-order valence-corrected chi connectivity index (χ2v) is 17.9. The lowest BCUT2D eigenvalue weighted by atomic mass is 10.0. The van der Waals surface area contributed by atoms with E-state index in [0.717, 1.165) is 57.8 Å². The predicted molar refractivity (Wildman–Crippen MR) is 247 cm³/mol. The molecule has 10 heteroatoms. The summed E-state index contributed by atoms with van der Waals surface area (Å²) < 4.78 is 26.9. The molecule has 0 heterocycles. The number of unbranched alkanes of at least 4 members (excludes halogenated alkanes) is 27. The number of hydrogen-bond donors (Lipinski definition) is 3. The van der Waals surface area contributed by atoms with Crippen molar-refractivity contribution in [2.75, 3.05) is 26.4 Å². The average Bonchev–Trinajstić information content (AvgIpc) is 3.22. The van der Waals surface area contributed by atoms with E-state index in [1.807, 2.05) is 0 Å². The van der Waals surface area contributed by atoms with Gasteiger partial charge in [-0.2, -0.15) is 0 Å². The lowest BCUT2D eigenvalue weighted by molar-refractivity contribution is -0.147. The van der Waals surface area contributed by atoms with Gasteiger partial charge in [0.1, 0.15) is 12.7 Å². The number of phosphoric acid groups is 1. The molecule has 0 saturated carbocycles. The van der Waals surface area contributed by atoms with Gasteiger partial charge in [-0.1, -0.05) is 185 Å². The first-order valence-corrected chi connectivity index (χ1v) is 26.0. The third-order valence-corrected chi connectivity index (χ3v) is 11.5. The monoisotopic (exact) mass is 854 g/mol. The Morgan fingerprint density at radius 3 is 1.41 bits per heavy atom. The molecule has 0 aliphatic heterocycles. The van der Waals surface area contributed by atoms with Gasteiger partial charge in [0, 0.05) is 19.4 Å². The summed E-state index contributed by atoms with van der Waals surface area (Å²) in [5.74, 6) is -0.520. The van der Waals surface area contributed by atoms with Crippen molar-refractivity contribution in [3.63, 3.8) is 0 Å². The van der Waals surface area contributed by atoms with Crippen molar-refractivity contribution in [2.24, 2.45) is 0 Å². The largest absolute Gasteiger partial charge is 0.472 e. The normalized spacial score (nSPS) is 13.5. The molecule has 59 heavy (non-hydrogen) atoms. The molecule has 0 rings (SSSR count). The van der Waals surface area contributed by atoms with Crippen LogP contribution in [0, 0.1) is 0 Å². The Hall–Kier alpha value is -1.77. The number of carbonyl (C=O) groups is 2. The van der Waals surface area contributed by atoms with Crippen molar-refractivity contribution in [1.29, 1.82) is 0 Å². The van der Waals surface area contributed by atoms with Crippen LogP contribution in [0.2, 0.25) is 0 Å². The van der Waals surface area contributed by atoms with Crippen molar-refractivity contribution in [1.82, 2.24) is 5.32 Å². The average molecular weight is 854 g/mol. The second kappa shape index (κ2) is 45.7. The Kier molecular flexibility index (Phi) is 44.4. The van der Waals surface area contributed by atoms with Gasteiger partial charge in [0.25, 0.3) is 0 Å². The van der Waals surface area contributed by atoms with E-state index in [1.54, 1.807) is 0 Å². The fraction of sp³-hybridized carbons (Fsp3) is 0.837. The molecule has 2 atom stereocenters. The molecule has 0 aromatic rings. The van der Waals surface area contributed by atoms with Crippen LogP contribution >= 0.6 is 7.82 Å². The highest BCUT2D eigenvalue weighted by atomic mass is 31.2. The minimum absolute atomic E-state index is 0.0814. The molecule has 2 unspecified atom stereocenters. The van der Waals surface area contributed by atoms with Gasteiger partial charge in [0.15, 0.2) is 0 Å². The maximum absolute atomic E-state index is 12.1. The summed E-state index contributed by atoms with van der Waals surface area (Å²) in [7, 11) is -4.42. The molecular formula is C49H92NO8P. The number of ether oxygens (including phenoxy) is 1. The summed E-state index contributed by atoms with van der Waals surface area (Å²) in [6.45, 7) is 3.54. The fourth-order valence-electron chi connectivity index (χ4n) is 6.82. The summed E-state index contributed by atoms with van der Waals surface area (Å²) in [5, 5.41) is 12.7. The van der Waals surface area contributed by atoms with Crippen molar-refractivity contribution < 1.29 is 37.9 Å². The number of esters is 1. The van der Waals surface area contributed by atoms with Crippen LogP contribution in [0.5, 0.6) is 0 Å². The number of nitrogens with one attached hydrogen (secondary N) is 1. The standard InChI is InChI=1S/C49H92NO8P/c1-3-5-7-9-11-13-15-17-19-21-22-23-24-26-27-29-31-33-35-37-39-41-48(52)50-43-44-57-59(54,55)58-46-47(51)45-56-49(53)42-40-38-36-34-32-30-28-25-20-18-16-14-12-10-8-6-4-2/h12,14,17-20,47,51H,3-11,13,15-16,21-46H2,1-2H3,(H,50,52)(H,54,55)/b14-12-,19-17+,20-18-. The topological polar surface area (TPSA) is 131 Å². The van der Waals surface area contributed by atoms with Crippen LogP contribution in [0.25, 0.3) is 0 Å². The van der Waals surface area contributed by atoms with E-state index < -0.39 is 26.5 Å². The molecule has 0 radical (unpaired) electrons. The summed E-state index contributed by atoms with van der Waals surface area (Å²) in [6, 6.07) is 0. The van der Waals surface area contributed by atoms with E-state index in [-0.39, 0.29) is 32.1 Å². The summed E-state index contributed by atoms with van der Waals surface area (Å²) in [6.07, 6.45) is 52.2. The number of aliphatic hydroxyl groups excluding tert-OH is 1. The molecule has 0 fully saturated rings. The van der Waals surface area contributed by atoms with E-state index in [1.165, 1.54) is 148 Å². The Morgan fingerprint density at radius 2 is 0.915 bits per heavy atom. The van der Waals surface area contributed by atoms with Gasteiger partial charge in [-0.3, -0.25) is 18.6 Å². The minimum Gasteiger partial charge on any atom is -0.463 e. The number of hydrogen-bond acceptors (Lipinski definition) is 7. The van der Waals surface area contributed by atoms with Crippen molar-refractivity contribution >= 4 is 19.7 Å². The maximum atomic E-state index is 12.1. The lowest BCUT2D eigenvalue weighted by Crippen LogP contribution is -2.27. The Morgan fingerprint density at radius 1 is 0.525 bits per heavy atom. The zero-order valence-corrected chi connectivity index (χ0v) is 39.1. The highest BCUT2D eigenvalue weighted by Crippen LogP contribution is 2.42. The SMILES string of the molecule is CCCCC/C=C\C/C=C\CCCCCCCCCC(=O)OCC(O)COP(=O)(O)OCCNC(=O)CCCCCCCCCCCCC/C=C/CCCCCCCC. The molecular weight excluding hydrogens is 762 g/mol. The first-order valence-electron chi connectivity index (χ1n) is 24.5. The molecule has 0 aliphatic carbocycles. The van der Waals surface area contributed by atoms with E-state index in [9.17, 15) is 24.2 Å². The summed E-state index contributed by atoms with van der Waals surface area (Å²) in [5.41, 5.74) is 0. The number of amides is 1. The molecule has 0 aromatic carbocycles. The summed E-state index contributed by atoms with van der Waals surface area (Å²) in [4.78, 5) is 34.0. The maximum Gasteiger partial charge on any atom is 0.472 e. The molecule has 9 nitrogen and oxygen atoms in total. The Balaban J connectivity index is 3.56. The highest BCUT2D eigenvalue weighted by Gasteiger charge is 2.23. The molecule has 1 amide bonds. The molecule has 0 aliphatic rings. The number of carbonyl (C=O) groups excluding carboxylic acids is 2. The van der Waals surface area contributed by atoms with Gasteiger partial charge in [-0.25, -0.2) is 4.57 Å². The van der Waals surface area contributed by atoms with Crippen molar-refractivity contribution in [3.8, 4) is 0 Å². The van der Waals surface area contributed by atoms with E-state index in [2.05, 4.69) is 55.6 Å². The quantitative estimate of drug-likeness (QED) is 0.0239. The molecule has 3 N–H and O–H groups in total. The van der Waals surface area contributed by atoms with Crippen LogP contribution in [-0.2, 0) is 27.9 Å². The smallest absolute Gasteiger partial charge is 0.463 e. The Bertz CT molecular complexity index is 1060. The fourth-order valence-corrected chi connectivity index (χ4v) is 7.58. The number of allylic oxidation sites excluding steroid dienone is 6. The van der Waals surface area contributed by atoms with Gasteiger partial charge >= 0.3 is 13.8 Å². The zero-order valence-electron chi connectivity index (χ0n) is 38.2. The van der Waals surface area contributed by atoms with Gasteiger partial charge in [-0.15, -0.1) is 0 Å². The molecule has 346 valence electrons. The van der Waals surface area contributed by atoms with Crippen molar-refractivity contribution in [3.05, 3.63) is 36.5 Å². The first-order chi connectivity index (χ1) is 28.8. The molecule has 0 saturated heterocycles. The lowest BCUT2D eigenvalue weighted by Gasteiger charge is -2.15. The number of rotatable bonds is 46. The van der Waals surface area contributed by atoms with E-state index in [4.69, 9.17) is 13.8 Å². The third-order valence-electron chi connectivity index (χ3n) is 10.5. The molecule has 0 aromatic heterocycles. The van der Waals surface area contributed by atoms with E-state index >= 15 is 0 Å². The first kappa shape index (κ1) is 57.2. The van der Waals surface area contributed by atoms with Crippen molar-refractivity contribution in [2.45, 2.75) is 238 Å². The molecule has 0 bridgehead atoms. The highest BCUT2D eigenvalue weighted by molar-refractivity contribution is 7.47. The van der Waals surface area contributed by atoms with Crippen LogP contribution in [0.15, 0.2) is 36.5 Å². The minimum atomic E-state index is -4.42. The Labute approximate surface area is 363 Å². The summed E-state index contributed by atoms with van der Waals surface area (Å²) >= 11 is 0. The predicted octanol–water partition coefficient (Wildman–Crippen LogP) is 14.1. The molecule has 0 spiro atoms. The van der Waals surface area contributed by atoms with Crippen LogP contribution in [0.4, 0.5) is 0 Å². The van der Waals surface area contributed by atoms with Crippen LogP contribution in [0.3, 0.4) is 0 Å². The number of phosphoric ester groups is 1. The number of aliphatic hydroxyl groups is 1.